The number of ether oxygens (including phenoxy) is 3. The minimum atomic E-state index is 0.293. The minimum Gasteiger partial charge on any atom is -0.493 e. The maximum absolute atomic E-state index is 5.78. The molecule has 0 aliphatic carbocycles. The number of benzene rings is 1. The molecular weight excluding hydrogens is 244 g/mol. The molecule has 106 valence electrons. The molecule has 1 atom stereocenters. The highest BCUT2D eigenvalue weighted by atomic mass is 16.5. The molecule has 1 aliphatic heterocycles. The molecule has 1 saturated heterocycles. The lowest BCUT2D eigenvalue weighted by atomic mass is 10.1. The molecule has 0 bridgehead atoms. The van der Waals surface area contributed by atoms with Crippen molar-refractivity contribution in [2.45, 2.75) is 12.6 Å². The fraction of sp³-hybridized carbons (Fsp3) is 0.571. The fourth-order valence-corrected chi connectivity index (χ4v) is 2.33. The van der Waals surface area contributed by atoms with E-state index in [9.17, 15) is 0 Å². The van der Waals surface area contributed by atoms with Crippen LogP contribution in [0, 0.1) is 0 Å². The van der Waals surface area contributed by atoms with Gasteiger partial charge in [0.25, 0.3) is 0 Å². The van der Waals surface area contributed by atoms with Crippen molar-refractivity contribution < 1.29 is 14.2 Å². The van der Waals surface area contributed by atoms with Gasteiger partial charge in [-0.25, -0.2) is 0 Å². The van der Waals surface area contributed by atoms with Gasteiger partial charge >= 0.3 is 0 Å². The molecule has 1 aromatic rings. The topological polar surface area (TPSA) is 57.0 Å². The molecule has 1 aliphatic rings. The molecule has 1 unspecified atom stereocenters. The van der Waals surface area contributed by atoms with E-state index < -0.39 is 0 Å². The van der Waals surface area contributed by atoms with E-state index >= 15 is 0 Å². The molecule has 5 nitrogen and oxygen atoms in total. The summed E-state index contributed by atoms with van der Waals surface area (Å²) in [4.78, 5) is 2.35. The van der Waals surface area contributed by atoms with Crippen molar-refractivity contribution in [2.75, 3.05) is 40.5 Å². The molecular formula is C14H22N2O3. The van der Waals surface area contributed by atoms with Gasteiger partial charge in [-0.1, -0.05) is 6.07 Å². The molecule has 19 heavy (non-hydrogen) atoms. The summed E-state index contributed by atoms with van der Waals surface area (Å²) in [7, 11) is 3.29. The summed E-state index contributed by atoms with van der Waals surface area (Å²) in [5.41, 5.74) is 6.98. The third-order valence-electron chi connectivity index (χ3n) is 3.46. The second-order valence-electron chi connectivity index (χ2n) is 4.62. The van der Waals surface area contributed by atoms with Crippen molar-refractivity contribution >= 4 is 0 Å². The highest BCUT2D eigenvalue weighted by molar-refractivity contribution is 5.42. The largest absolute Gasteiger partial charge is 0.493 e. The van der Waals surface area contributed by atoms with E-state index in [1.807, 2.05) is 12.1 Å². The second-order valence-corrected chi connectivity index (χ2v) is 4.62. The molecule has 2 rings (SSSR count). The van der Waals surface area contributed by atoms with E-state index in [-0.39, 0.29) is 0 Å². The zero-order chi connectivity index (χ0) is 13.7. The van der Waals surface area contributed by atoms with Gasteiger partial charge in [-0.05, 0) is 17.7 Å². The molecule has 0 amide bonds. The SMILES string of the molecule is COc1ccc(CN2CCOCC2CN)cc1OC. The normalized spacial score (nSPS) is 20.3. The highest BCUT2D eigenvalue weighted by Crippen LogP contribution is 2.28. The highest BCUT2D eigenvalue weighted by Gasteiger charge is 2.21. The molecule has 0 saturated carbocycles. The summed E-state index contributed by atoms with van der Waals surface area (Å²) in [6, 6.07) is 6.31. The van der Waals surface area contributed by atoms with E-state index in [1.54, 1.807) is 14.2 Å². The predicted molar refractivity (Wildman–Crippen MR) is 73.6 cm³/mol. The van der Waals surface area contributed by atoms with Crippen LogP contribution < -0.4 is 15.2 Å². The van der Waals surface area contributed by atoms with Crippen LogP contribution in [0.1, 0.15) is 5.56 Å². The van der Waals surface area contributed by atoms with E-state index in [1.165, 1.54) is 5.56 Å². The van der Waals surface area contributed by atoms with Crippen LogP contribution in [-0.2, 0) is 11.3 Å². The van der Waals surface area contributed by atoms with Crippen molar-refractivity contribution in [3.05, 3.63) is 23.8 Å². The Balaban J connectivity index is 2.09. The van der Waals surface area contributed by atoms with Crippen molar-refractivity contribution in [1.82, 2.24) is 4.90 Å². The van der Waals surface area contributed by atoms with E-state index in [0.29, 0.717) is 19.2 Å². The van der Waals surface area contributed by atoms with Gasteiger partial charge < -0.3 is 19.9 Å². The van der Waals surface area contributed by atoms with Gasteiger partial charge in [-0.3, -0.25) is 4.90 Å². The zero-order valence-electron chi connectivity index (χ0n) is 11.6. The molecule has 2 N–H and O–H groups in total. The number of morpholine rings is 1. The van der Waals surface area contributed by atoms with E-state index in [4.69, 9.17) is 19.9 Å². The van der Waals surface area contributed by atoms with Crippen LogP contribution >= 0.6 is 0 Å². The van der Waals surface area contributed by atoms with Gasteiger partial charge in [-0.15, -0.1) is 0 Å². The summed E-state index contributed by atoms with van der Waals surface area (Å²) in [6.45, 7) is 3.86. The summed E-state index contributed by atoms with van der Waals surface area (Å²) in [6.07, 6.45) is 0. The van der Waals surface area contributed by atoms with Crippen LogP contribution in [0.25, 0.3) is 0 Å². The number of hydrogen-bond acceptors (Lipinski definition) is 5. The van der Waals surface area contributed by atoms with Crippen LogP contribution in [0.3, 0.4) is 0 Å². The first-order valence-corrected chi connectivity index (χ1v) is 6.51. The van der Waals surface area contributed by atoms with Crippen molar-refractivity contribution in [2.24, 2.45) is 5.73 Å². The van der Waals surface area contributed by atoms with Crippen LogP contribution in [0.2, 0.25) is 0 Å². The second kappa shape index (κ2) is 6.75. The molecule has 0 radical (unpaired) electrons. The summed E-state index contributed by atoms with van der Waals surface area (Å²) >= 11 is 0. The van der Waals surface area contributed by atoms with E-state index in [0.717, 1.165) is 31.2 Å². The summed E-state index contributed by atoms with van der Waals surface area (Å²) in [5.74, 6) is 1.51. The lowest BCUT2D eigenvalue weighted by Gasteiger charge is -2.34. The number of nitrogens with zero attached hydrogens (tertiary/aromatic N) is 1. The first kappa shape index (κ1) is 14.1. The Hall–Kier alpha value is -1.30. The third kappa shape index (κ3) is 3.37. The van der Waals surface area contributed by atoms with Gasteiger partial charge in [0.05, 0.1) is 27.4 Å². The quantitative estimate of drug-likeness (QED) is 0.857. The van der Waals surface area contributed by atoms with Gasteiger partial charge in [0.2, 0.25) is 0 Å². The Morgan fingerprint density at radius 2 is 2.11 bits per heavy atom. The smallest absolute Gasteiger partial charge is 0.161 e. The van der Waals surface area contributed by atoms with Gasteiger partial charge in [0, 0.05) is 25.7 Å². The predicted octanol–water partition coefficient (Wildman–Crippen LogP) is 0.863. The maximum Gasteiger partial charge on any atom is 0.161 e. The zero-order valence-corrected chi connectivity index (χ0v) is 11.6. The fourth-order valence-electron chi connectivity index (χ4n) is 2.33. The standard InChI is InChI=1S/C14H22N2O3/c1-17-13-4-3-11(7-14(13)18-2)9-16-5-6-19-10-12(16)8-15/h3-4,7,12H,5-6,8-10,15H2,1-2H3. The number of rotatable bonds is 5. The Morgan fingerprint density at radius 3 is 2.79 bits per heavy atom. The van der Waals surface area contributed by atoms with Gasteiger partial charge in [0.1, 0.15) is 0 Å². The number of nitrogens with two attached hydrogens (primary N) is 1. The average Bonchev–Trinajstić information content (AvgIpc) is 2.47. The molecule has 0 aromatic heterocycles. The summed E-state index contributed by atoms with van der Waals surface area (Å²) in [5, 5.41) is 0. The first-order valence-electron chi connectivity index (χ1n) is 6.51. The molecule has 0 spiro atoms. The van der Waals surface area contributed by atoms with Crippen LogP contribution in [0.5, 0.6) is 11.5 Å². The van der Waals surface area contributed by atoms with Crippen molar-refractivity contribution in [3.63, 3.8) is 0 Å². The Labute approximate surface area is 114 Å². The lowest BCUT2D eigenvalue weighted by Crippen LogP contribution is -2.48. The lowest BCUT2D eigenvalue weighted by molar-refractivity contribution is -0.00795. The average molecular weight is 266 g/mol. The van der Waals surface area contributed by atoms with Crippen molar-refractivity contribution in [3.8, 4) is 11.5 Å². The Bertz CT molecular complexity index is 412. The maximum atomic E-state index is 5.78. The molecule has 1 heterocycles. The van der Waals surface area contributed by atoms with E-state index in [2.05, 4.69) is 11.0 Å². The summed E-state index contributed by atoms with van der Waals surface area (Å²) < 4.78 is 16.0. The Kier molecular flexibility index (Phi) is 5.01. The van der Waals surface area contributed by atoms with Gasteiger partial charge in [0.15, 0.2) is 11.5 Å². The van der Waals surface area contributed by atoms with Crippen LogP contribution in [0.15, 0.2) is 18.2 Å². The first-order chi connectivity index (χ1) is 9.28. The molecule has 1 aromatic carbocycles. The van der Waals surface area contributed by atoms with Crippen molar-refractivity contribution in [1.29, 1.82) is 0 Å². The number of methoxy groups -OCH3 is 2. The third-order valence-corrected chi connectivity index (χ3v) is 3.46. The Morgan fingerprint density at radius 1 is 1.32 bits per heavy atom. The van der Waals surface area contributed by atoms with Crippen LogP contribution in [-0.4, -0.2) is 51.5 Å². The minimum absolute atomic E-state index is 0.293. The van der Waals surface area contributed by atoms with Gasteiger partial charge in [-0.2, -0.15) is 0 Å². The molecule has 1 fully saturated rings. The monoisotopic (exact) mass is 266 g/mol. The molecule has 5 heteroatoms. The number of hydrogen-bond donors (Lipinski definition) is 1. The van der Waals surface area contributed by atoms with Crippen LogP contribution in [0.4, 0.5) is 0 Å².